The molecule has 8 nitrogen and oxygen atoms in total. The third kappa shape index (κ3) is 3.03. The Morgan fingerprint density at radius 2 is 2.08 bits per heavy atom. The predicted molar refractivity (Wildman–Crippen MR) is 86.7 cm³/mol. The van der Waals surface area contributed by atoms with Crippen molar-refractivity contribution < 1.29 is 13.9 Å². The van der Waals surface area contributed by atoms with Crippen LogP contribution in [0.4, 0.5) is 0 Å². The molecule has 0 unspecified atom stereocenters. The first-order chi connectivity index (χ1) is 11.6. The summed E-state index contributed by atoms with van der Waals surface area (Å²) in [6, 6.07) is 0.0470. The van der Waals surface area contributed by atoms with Crippen molar-refractivity contribution in [2.45, 2.75) is 45.4 Å². The maximum absolute atomic E-state index is 5.68. The van der Waals surface area contributed by atoms with E-state index in [0.29, 0.717) is 18.3 Å². The number of likely N-dealkylation sites (tertiary alicyclic amines) is 1. The lowest BCUT2D eigenvalue weighted by Crippen LogP contribution is -2.25. The summed E-state index contributed by atoms with van der Waals surface area (Å²) in [4.78, 5) is 2.31. The summed E-state index contributed by atoms with van der Waals surface area (Å²) >= 11 is 0. The minimum atomic E-state index is 0.0470. The lowest BCUT2D eigenvalue weighted by atomic mass is 10.1. The summed E-state index contributed by atoms with van der Waals surface area (Å²) in [6.07, 6.45) is 1.84. The van der Waals surface area contributed by atoms with Crippen LogP contribution in [-0.4, -0.2) is 51.7 Å². The van der Waals surface area contributed by atoms with Gasteiger partial charge in [-0.3, -0.25) is 4.90 Å². The number of rotatable bonds is 6. The molecule has 2 aromatic rings. The third-order valence-corrected chi connectivity index (χ3v) is 4.59. The Morgan fingerprint density at radius 1 is 1.29 bits per heavy atom. The van der Waals surface area contributed by atoms with Crippen LogP contribution in [0.15, 0.2) is 4.42 Å². The molecule has 132 valence electrons. The number of aryl methyl sites for hydroxylation is 3. The van der Waals surface area contributed by atoms with Crippen molar-refractivity contribution in [1.82, 2.24) is 24.9 Å². The van der Waals surface area contributed by atoms with Crippen molar-refractivity contribution in [3.05, 3.63) is 23.0 Å². The highest BCUT2D eigenvalue weighted by Crippen LogP contribution is 2.36. The molecule has 0 aromatic carbocycles. The molecular formula is C16H25N5O3. The van der Waals surface area contributed by atoms with Gasteiger partial charge in [-0.05, 0) is 12.8 Å². The second kappa shape index (κ2) is 6.90. The van der Waals surface area contributed by atoms with Crippen LogP contribution in [0.2, 0.25) is 0 Å². The number of methoxy groups -OCH3 is 2. The van der Waals surface area contributed by atoms with Gasteiger partial charge in [-0.1, -0.05) is 6.92 Å². The monoisotopic (exact) mass is 335 g/mol. The molecule has 2 atom stereocenters. The molecule has 0 radical (unpaired) electrons. The van der Waals surface area contributed by atoms with Gasteiger partial charge in [0.1, 0.15) is 0 Å². The Kier molecular flexibility index (Phi) is 4.86. The Hall–Kier alpha value is -1.93. The zero-order valence-corrected chi connectivity index (χ0v) is 14.9. The molecule has 1 aliphatic rings. The molecule has 0 spiro atoms. The van der Waals surface area contributed by atoms with E-state index in [0.717, 1.165) is 36.5 Å². The quantitative estimate of drug-likeness (QED) is 0.794. The Bertz CT molecular complexity index is 696. The molecule has 0 N–H and O–H groups in total. The minimum Gasteiger partial charge on any atom is -0.481 e. The molecule has 1 fully saturated rings. The van der Waals surface area contributed by atoms with E-state index in [1.54, 1.807) is 18.9 Å². The number of hydrogen-bond acceptors (Lipinski definition) is 7. The van der Waals surface area contributed by atoms with Crippen LogP contribution in [0, 0.1) is 6.92 Å². The summed E-state index contributed by atoms with van der Waals surface area (Å²) in [7, 11) is 5.33. The van der Waals surface area contributed by atoms with Crippen molar-refractivity contribution in [2.75, 3.05) is 20.8 Å². The van der Waals surface area contributed by atoms with E-state index in [4.69, 9.17) is 13.9 Å². The van der Waals surface area contributed by atoms with Gasteiger partial charge in [0.15, 0.2) is 0 Å². The van der Waals surface area contributed by atoms with E-state index in [1.807, 2.05) is 14.0 Å². The van der Waals surface area contributed by atoms with Gasteiger partial charge in [0.05, 0.1) is 30.5 Å². The molecule has 0 amide bonds. The van der Waals surface area contributed by atoms with Gasteiger partial charge in [0.2, 0.25) is 17.7 Å². The first-order valence-electron chi connectivity index (χ1n) is 8.22. The zero-order chi connectivity index (χ0) is 17.3. The normalized spacial score (nSPS) is 21.5. The molecule has 3 heterocycles. The van der Waals surface area contributed by atoms with Gasteiger partial charge in [-0.2, -0.15) is 5.10 Å². The highest BCUT2D eigenvalue weighted by Gasteiger charge is 2.37. The van der Waals surface area contributed by atoms with E-state index in [1.165, 1.54) is 0 Å². The highest BCUT2D eigenvalue weighted by molar-refractivity contribution is 5.32. The van der Waals surface area contributed by atoms with Crippen molar-refractivity contribution in [2.24, 2.45) is 7.05 Å². The average Bonchev–Trinajstić information content (AvgIpc) is 3.25. The third-order valence-electron chi connectivity index (χ3n) is 4.59. The van der Waals surface area contributed by atoms with E-state index >= 15 is 0 Å². The largest absolute Gasteiger partial charge is 0.481 e. The lowest BCUT2D eigenvalue weighted by molar-refractivity contribution is 0.107. The molecule has 8 heteroatoms. The fourth-order valence-corrected chi connectivity index (χ4v) is 3.42. The van der Waals surface area contributed by atoms with Gasteiger partial charge in [-0.15, -0.1) is 10.2 Å². The predicted octanol–water partition coefficient (Wildman–Crippen LogP) is 1.64. The SMILES string of the molecule is CCc1nn(C)c(OC)c1CN1C[C@H](OC)C[C@@H]1c1nnc(C)o1. The van der Waals surface area contributed by atoms with Gasteiger partial charge in [0, 0.05) is 34.2 Å². The van der Waals surface area contributed by atoms with Gasteiger partial charge >= 0.3 is 0 Å². The van der Waals surface area contributed by atoms with E-state index in [2.05, 4.69) is 27.1 Å². The van der Waals surface area contributed by atoms with Crippen molar-refractivity contribution >= 4 is 0 Å². The molecule has 1 aliphatic heterocycles. The summed E-state index contributed by atoms with van der Waals surface area (Å²) in [5.41, 5.74) is 2.16. The lowest BCUT2D eigenvalue weighted by Gasteiger charge is -2.21. The van der Waals surface area contributed by atoms with Crippen LogP contribution in [0.25, 0.3) is 0 Å². The van der Waals surface area contributed by atoms with Crippen molar-refractivity contribution in [3.8, 4) is 5.88 Å². The molecular weight excluding hydrogens is 310 g/mol. The van der Waals surface area contributed by atoms with Gasteiger partial charge in [-0.25, -0.2) is 4.68 Å². The van der Waals surface area contributed by atoms with Gasteiger partial charge < -0.3 is 13.9 Å². The molecule has 2 aromatic heterocycles. The molecule has 3 rings (SSSR count). The standard InChI is InChI=1S/C16H25N5O3/c1-6-13-12(16(23-5)20(3)19-13)9-21-8-11(22-4)7-14(21)15-18-17-10(2)24-15/h11,14H,6-9H2,1-5H3/t11-,14-/m1/s1. The van der Waals surface area contributed by atoms with Crippen LogP contribution < -0.4 is 4.74 Å². The number of ether oxygens (including phenoxy) is 2. The van der Waals surface area contributed by atoms with Crippen LogP contribution in [0.5, 0.6) is 5.88 Å². The first kappa shape index (κ1) is 16.9. The average molecular weight is 335 g/mol. The molecule has 1 saturated heterocycles. The Labute approximate surface area is 141 Å². The van der Waals surface area contributed by atoms with Crippen LogP contribution >= 0.6 is 0 Å². The number of aromatic nitrogens is 4. The van der Waals surface area contributed by atoms with Crippen LogP contribution in [0.3, 0.4) is 0 Å². The second-order valence-electron chi connectivity index (χ2n) is 6.11. The van der Waals surface area contributed by atoms with Crippen molar-refractivity contribution in [1.29, 1.82) is 0 Å². The Morgan fingerprint density at radius 3 is 2.67 bits per heavy atom. The van der Waals surface area contributed by atoms with E-state index in [9.17, 15) is 0 Å². The highest BCUT2D eigenvalue weighted by atomic mass is 16.5. The topological polar surface area (TPSA) is 78.4 Å². The first-order valence-corrected chi connectivity index (χ1v) is 8.22. The molecule has 0 saturated carbocycles. The molecule has 24 heavy (non-hydrogen) atoms. The summed E-state index contributed by atoms with van der Waals surface area (Å²) in [5.74, 6) is 2.03. The van der Waals surface area contributed by atoms with Crippen molar-refractivity contribution in [3.63, 3.8) is 0 Å². The fourth-order valence-electron chi connectivity index (χ4n) is 3.42. The summed E-state index contributed by atoms with van der Waals surface area (Å²) in [6.45, 7) is 5.44. The second-order valence-corrected chi connectivity index (χ2v) is 6.11. The van der Waals surface area contributed by atoms with Gasteiger partial charge in [0.25, 0.3) is 0 Å². The minimum absolute atomic E-state index is 0.0470. The fraction of sp³-hybridized carbons (Fsp3) is 0.688. The smallest absolute Gasteiger partial charge is 0.233 e. The summed E-state index contributed by atoms with van der Waals surface area (Å²) < 4.78 is 18.6. The van der Waals surface area contributed by atoms with Crippen LogP contribution in [-0.2, 0) is 24.8 Å². The molecule has 0 bridgehead atoms. The zero-order valence-electron chi connectivity index (χ0n) is 14.9. The number of hydrogen-bond donors (Lipinski definition) is 0. The van der Waals surface area contributed by atoms with E-state index < -0.39 is 0 Å². The number of nitrogens with zero attached hydrogens (tertiary/aromatic N) is 5. The maximum Gasteiger partial charge on any atom is 0.233 e. The van der Waals surface area contributed by atoms with E-state index in [-0.39, 0.29) is 12.1 Å². The maximum atomic E-state index is 5.68. The summed E-state index contributed by atoms with van der Waals surface area (Å²) in [5, 5.41) is 12.7. The molecule has 0 aliphatic carbocycles. The van der Waals surface area contributed by atoms with Crippen LogP contribution in [0.1, 0.15) is 42.4 Å². The Balaban J connectivity index is 1.89.